The molecule has 0 aliphatic carbocycles. The summed E-state index contributed by atoms with van der Waals surface area (Å²) in [5.74, 6) is -5.44. The van der Waals surface area contributed by atoms with Crippen molar-refractivity contribution in [1.29, 1.82) is 0 Å². The lowest BCUT2D eigenvalue weighted by molar-refractivity contribution is -0.135. The second-order valence-electron chi connectivity index (χ2n) is 3.18. The van der Waals surface area contributed by atoms with E-state index in [9.17, 15) is 14.4 Å². The summed E-state index contributed by atoms with van der Waals surface area (Å²) in [7, 11) is 0. The molecule has 0 aromatic rings. The van der Waals surface area contributed by atoms with Crippen LogP contribution in [0, 0.1) is 0 Å². The molecule has 12 nitrogen and oxygen atoms in total. The monoisotopic (exact) mass is 396 g/mol. The van der Waals surface area contributed by atoms with E-state index in [0.717, 1.165) is 39.0 Å². The van der Waals surface area contributed by atoms with E-state index >= 15 is 0 Å². The first-order valence-electron chi connectivity index (χ1n) is 6.16. The Bertz CT molecular complexity index is 408. The Labute approximate surface area is 155 Å². The molecule has 0 aliphatic rings. The molecular weight excluding hydrogens is 372 g/mol. The first-order chi connectivity index (χ1) is 12.0. The van der Waals surface area contributed by atoms with Gasteiger partial charge < -0.3 is 30.6 Å². The van der Waals surface area contributed by atoms with Gasteiger partial charge in [-0.2, -0.15) is 0 Å². The minimum Gasteiger partial charge on any atom is -0.481 e. The highest BCUT2D eigenvalue weighted by Gasteiger charge is 1.74. The van der Waals surface area contributed by atoms with Crippen molar-refractivity contribution in [3.63, 3.8) is 0 Å². The van der Waals surface area contributed by atoms with Crippen molar-refractivity contribution in [2.75, 3.05) is 0 Å². The van der Waals surface area contributed by atoms with Crippen LogP contribution in [-0.4, -0.2) is 66.5 Å². The molecule has 0 aliphatic heterocycles. The zero-order valence-corrected chi connectivity index (χ0v) is 15.0. The van der Waals surface area contributed by atoms with Gasteiger partial charge in [0.1, 0.15) is 0 Å². The lowest BCUT2D eigenvalue weighted by Gasteiger charge is -1.64. The smallest absolute Gasteiger partial charge is 0.327 e. The molecule has 156 valence electrons. The predicted molar refractivity (Wildman–Crippen MR) is 93.4 cm³/mol. The zero-order valence-electron chi connectivity index (χ0n) is 15.0. The van der Waals surface area contributed by atoms with Crippen molar-refractivity contribution >= 4 is 35.8 Å². The van der Waals surface area contributed by atoms with Crippen molar-refractivity contribution in [2.45, 2.75) is 20.8 Å². The molecular formula is C15H24O12. The van der Waals surface area contributed by atoms with Gasteiger partial charge in [-0.1, -0.05) is 19.7 Å². The van der Waals surface area contributed by atoms with E-state index in [4.69, 9.17) is 45.0 Å². The summed E-state index contributed by atoms with van der Waals surface area (Å²) in [4.78, 5) is 54.8. The van der Waals surface area contributed by atoms with Gasteiger partial charge in [-0.05, 0) is 0 Å². The standard InChI is InChI=1S/3C3H4O2.3C2H4O2/c3*1-2-3(4)5;3*1-2(3)4/h3*2H,1H2,(H,4,5);3*1H3,(H,3,4). The number of hydrogen-bond donors (Lipinski definition) is 6. The van der Waals surface area contributed by atoms with Gasteiger partial charge in [0.25, 0.3) is 17.9 Å². The Morgan fingerprint density at radius 1 is 0.481 bits per heavy atom. The predicted octanol–water partition coefficient (Wildman–Crippen LogP) is 1.04. The van der Waals surface area contributed by atoms with E-state index in [1.807, 2.05) is 0 Å². The quantitative estimate of drug-likeness (QED) is 0.368. The Morgan fingerprint density at radius 2 is 0.519 bits per heavy atom. The topological polar surface area (TPSA) is 224 Å². The maximum Gasteiger partial charge on any atom is 0.327 e. The van der Waals surface area contributed by atoms with Gasteiger partial charge in [-0.3, -0.25) is 14.4 Å². The van der Waals surface area contributed by atoms with Crippen LogP contribution in [0.2, 0.25) is 0 Å². The number of carboxylic acid groups (broad SMARTS) is 6. The van der Waals surface area contributed by atoms with Crippen LogP contribution >= 0.6 is 0 Å². The average Bonchev–Trinajstić information content (AvgIpc) is 2.46. The lowest BCUT2D eigenvalue weighted by Crippen LogP contribution is -1.82. The van der Waals surface area contributed by atoms with E-state index in [1.165, 1.54) is 0 Å². The van der Waals surface area contributed by atoms with Gasteiger partial charge in [0.15, 0.2) is 0 Å². The number of carboxylic acids is 6. The molecule has 6 N–H and O–H groups in total. The van der Waals surface area contributed by atoms with Gasteiger partial charge in [-0.15, -0.1) is 0 Å². The molecule has 0 atom stereocenters. The minimum atomic E-state index is -0.981. The fourth-order valence-corrected chi connectivity index (χ4v) is 0. The van der Waals surface area contributed by atoms with Crippen LogP contribution in [0.3, 0.4) is 0 Å². The normalized spacial score (nSPS) is 6.33. The van der Waals surface area contributed by atoms with Gasteiger partial charge >= 0.3 is 17.9 Å². The second kappa shape index (κ2) is 33.6. The molecule has 0 saturated carbocycles. The van der Waals surface area contributed by atoms with Crippen molar-refractivity contribution in [3.05, 3.63) is 38.0 Å². The molecule has 0 bridgehead atoms. The van der Waals surface area contributed by atoms with E-state index in [-0.39, 0.29) is 0 Å². The first-order valence-corrected chi connectivity index (χ1v) is 6.16. The number of aliphatic carboxylic acids is 6. The van der Waals surface area contributed by atoms with Crippen LogP contribution in [0.1, 0.15) is 20.8 Å². The summed E-state index contributed by atoms with van der Waals surface area (Å²) in [6.45, 7) is 12.1. The molecule has 0 rings (SSSR count). The summed E-state index contributed by atoms with van der Waals surface area (Å²) in [6, 6.07) is 0. The highest BCUT2D eigenvalue weighted by Crippen LogP contribution is 1.55. The third kappa shape index (κ3) is 2130. The summed E-state index contributed by atoms with van der Waals surface area (Å²) in [6.07, 6.45) is 2.50. The van der Waals surface area contributed by atoms with E-state index in [2.05, 4.69) is 19.7 Å². The summed E-state index contributed by atoms with van der Waals surface area (Å²) < 4.78 is 0. The van der Waals surface area contributed by atoms with Gasteiger partial charge in [-0.25, -0.2) is 14.4 Å². The van der Waals surface area contributed by atoms with Crippen LogP contribution in [-0.2, 0) is 28.8 Å². The fraction of sp³-hybridized carbons (Fsp3) is 0.200. The number of rotatable bonds is 3. The van der Waals surface area contributed by atoms with Crippen LogP contribution in [0.15, 0.2) is 38.0 Å². The van der Waals surface area contributed by atoms with E-state index in [0.29, 0.717) is 0 Å². The zero-order chi connectivity index (χ0) is 23.6. The van der Waals surface area contributed by atoms with E-state index < -0.39 is 35.8 Å². The van der Waals surface area contributed by atoms with Gasteiger partial charge in [0, 0.05) is 39.0 Å². The van der Waals surface area contributed by atoms with E-state index in [1.54, 1.807) is 0 Å². The van der Waals surface area contributed by atoms with Crippen molar-refractivity contribution in [2.24, 2.45) is 0 Å². The molecule has 0 amide bonds. The highest BCUT2D eigenvalue weighted by atomic mass is 16.4. The van der Waals surface area contributed by atoms with Gasteiger partial charge in [0.05, 0.1) is 0 Å². The maximum absolute atomic E-state index is 9.25. The Morgan fingerprint density at radius 3 is 0.519 bits per heavy atom. The molecule has 0 saturated heterocycles. The third-order valence-electron chi connectivity index (χ3n) is 0.524. The molecule has 0 radical (unpaired) electrons. The minimum absolute atomic E-state index is 0.833. The Hall–Kier alpha value is -3.96. The molecule has 0 aromatic heterocycles. The van der Waals surface area contributed by atoms with Crippen molar-refractivity contribution in [1.82, 2.24) is 0 Å². The number of carbonyl (C=O) groups is 6. The molecule has 0 fully saturated rings. The molecule has 0 heterocycles. The van der Waals surface area contributed by atoms with Crippen molar-refractivity contribution < 1.29 is 59.4 Å². The van der Waals surface area contributed by atoms with Crippen LogP contribution in [0.25, 0.3) is 0 Å². The lowest BCUT2D eigenvalue weighted by atomic mass is 10.7. The largest absolute Gasteiger partial charge is 0.481 e. The van der Waals surface area contributed by atoms with Crippen molar-refractivity contribution in [3.8, 4) is 0 Å². The molecule has 0 spiro atoms. The first kappa shape index (κ1) is 38.5. The Balaban J connectivity index is -0.0000000492. The van der Waals surface area contributed by atoms with Crippen LogP contribution in [0.4, 0.5) is 0 Å². The molecule has 0 aromatic carbocycles. The number of hydrogen-bond acceptors (Lipinski definition) is 6. The maximum atomic E-state index is 9.25. The van der Waals surface area contributed by atoms with Crippen LogP contribution < -0.4 is 0 Å². The summed E-state index contributed by atoms with van der Waals surface area (Å²) in [5.41, 5.74) is 0. The summed E-state index contributed by atoms with van der Waals surface area (Å²) in [5, 5.41) is 45.1. The summed E-state index contributed by atoms with van der Waals surface area (Å²) >= 11 is 0. The second-order valence-corrected chi connectivity index (χ2v) is 3.18. The molecule has 27 heavy (non-hydrogen) atoms. The molecule has 12 heteroatoms. The SMILES string of the molecule is C=CC(=O)O.C=CC(=O)O.C=CC(=O)O.CC(=O)O.CC(=O)O.CC(=O)O. The third-order valence-corrected chi connectivity index (χ3v) is 0.524. The van der Waals surface area contributed by atoms with Gasteiger partial charge in [0.2, 0.25) is 0 Å². The van der Waals surface area contributed by atoms with Crippen LogP contribution in [0.5, 0.6) is 0 Å². The highest BCUT2D eigenvalue weighted by molar-refractivity contribution is 5.79. The Kier molecular flexibility index (Phi) is 48.0. The fourth-order valence-electron chi connectivity index (χ4n) is 0. The average molecular weight is 396 g/mol. The molecule has 0 unspecified atom stereocenters.